The molecule has 0 heterocycles. The Hall–Kier alpha value is -1.31. The van der Waals surface area contributed by atoms with Crippen LogP contribution in [0.5, 0.6) is 0 Å². The summed E-state index contributed by atoms with van der Waals surface area (Å²) in [6.45, 7) is 0.172. The molecule has 2 aromatic rings. The number of halogens is 3. The van der Waals surface area contributed by atoms with E-state index in [9.17, 15) is 17.2 Å². The third-order valence-electron chi connectivity index (χ3n) is 3.92. The number of nitrogens with zero attached hydrogens (tertiary/aromatic N) is 1. The normalized spacial score (nSPS) is 15.0. The van der Waals surface area contributed by atoms with Crippen LogP contribution in [-0.4, -0.2) is 18.8 Å². The molecule has 3 nitrogen and oxygen atoms in total. The summed E-state index contributed by atoms with van der Waals surface area (Å²) in [5.74, 6) is -1.30. The highest BCUT2D eigenvalue weighted by Crippen LogP contribution is 2.32. The molecule has 7 heteroatoms. The van der Waals surface area contributed by atoms with Gasteiger partial charge in [-0.3, -0.25) is 0 Å². The SMILES string of the molecule is O=S(=O)(Cc1ccc(Br)cc1F)N(Cc1ccc(F)cc1)C1CC1. The van der Waals surface area contributed by atoms with Crippen molar-refractivity contribution < 1.29 is 17.2 Å². The van der Waals surface area contributed by atoms with E-state index in [2.05, 4.69) is 15.9 Å². The molecule has 3 rings (SSSR count). The average molecular weight is 416 g/mol. The van der Waals surface area contributed by atoms with Gasteiger partial charge in [0.2, 0.25) is 10.0 Å². The third-order valence-corrected chi connectivity index (χ3v) is 6.23. The summed E-state index contributed by atoms with van der Waals surface area (Å²) in [6, 6.07) is 10.0. The smallest absolute Gasteiger partial charge is 0.212 e. The Bertz CT molecular complexity index is 836. The molecule has 1 saturated carbocycles. The molecule has 0 amide bonds. The van der Waals surface area contributed by atoms with Gasteiger partial charge in [-0.15, -0.1) is 0 Å². The minimum absolute atomic E-state index is 0.0569. The zero-order chi connectivity index (χ0) is 17.3. The van der Waals surface area contributed by atoms with Gasteiger partial charge in [-0.25, -0.2) is 17.2 Å². The van der Waals surface area contributed by atoms with E-state index in [0.717, 1.165) is 12.8 Å². The number of hydrogen-bond donors (Lipinski definition) is 0. The summed E-state index contributed by atoms with van der Waals surface area (Å²) < 4.78 is 54.5. The van der Waals surface area contributed by atoms with Crippen LogP contribution in [0.4, 0.5) is 8.78 Å². The monoisotopic (exact) mass is 415 g/mol. The van der Waals surface area contributed by atoms with Crippen molar-refractivity contribution in [2.24, 2.45) is 0 Å². The van der Waals surface area contributed by atoms with Crippen LogP contribution in [0.2, 0.25) is 0 Å². The Labute approximate surface area is 148 Å². The van der Waals surface area contributed by atoms with Gasteiger partial charge >= 0.3 is 0 Å². The molecule has 2 aromatic carbocycles. The summed E-state index contributed by atoms with van der Waals surface area (Å²) in [5.41, 5.74) is 0.853. The molecule has 0 N–H and O–H groups in total. The average Bonchev–Trinajstić information content (AvgIpc) is 3.34. The van der Waals surface area contributed by atoms with Gasteiger partial charge in [0.15, 0.2) is 0 Å². The molecule has 0 saturated heterocycles. The largest absolute Gasteiger partial charge is 0.218 e. The molecular formula is C17H16BrF2NO2S. The first-order valence-corrected chi connectivity index (χ1v) is 9.93. The molecular weight excluding hydrogens is 400 g/mol. The van der Waals surface area contributed by atoms with Gasteiger partial charge in [-0.05, 0) is 42.7 Å². The predicted octanol–water partition coefficient (Wildman–Crippen LogP) is 4.22. The standard InChI is InChI=1S/C17H16BrF2NO2S/c18-14-4-3-13(17(20)9-14)11-24(22,23)21(16-7-8-16)10-12-1-5-15(19)6-2-12/h1-6,9,16H,7-8,10-11H2. The molecule has 0 unspecified atom stereocenters. The molecule has 0 radical (unpaired) electrons. The van der Waals surface area contributed by atoms with Crippen molar-refractivity contribution >= 4 is 26.0 Å². The second-order valence-electron chi connectivity index (χ2n) is 5.89. The first kappa shape index (κ1) is 17.5. The molecule has 24 heavy (non-hydrogen) atoms. The molecule has 0 spiro atoms. The molecule has 1 aliphatic carbocycles. The highest BCUT2D eigenvalue weighted by molar-refractivity contribution is 9.10. The van der Waals surface area contributed by atoms with Crippen molar-refractivity contribution in [1.29, 1.82) is 0 Å². The first-order chi connectivity index (χ1) is 11.3. The second-order valence-corrected chi connectivity index (χ2v) is 8.73. The van der Waals surface area contributed by atoms with Crippen molar-refractivity contribution in [2.45, 2.75) is 31.2 Å². The number of benzene rings is 2. The molecule has 0 bridgehead atoms. The molecule has 0 atom stereocenters. The van der Waals surface area contributed by atoms with Crippen LogP contribution in [0.25, 0.3) is 0 Å². The summed E-state index contributed by atoms with van der Waals surface area (Å²) in [7, 11) is -3.67. The zero-order valence-electron chi connectivity index (χ0n) is 12.8. The molecule has 1 fully saturated rings. The fraction of sp³-hybridized carbons (Fsp3) is 0.294. The lowest BCUT2D eigenvalue weighted by atomic mass is 10.2. The predicted molar refractivity (Wildman–Crippen MR) is 91.7 cm³/mol. The van der Waals surface area contributed by atoms with Crippen LogP contribution in [-0.2, 0) is 22.3 Å². The number of sulfonamides is 1. The van der Waals surface area contributed by atoms with Crippen LogP contribution in [0.15, 0.2) is 46.9 Å². The molecule has 1 aliphatic rings. The van der Waals surface area contributed by atoms with Gasteiger partial charge in [0.1, 0.15) is 11.6 Å². The maximum Gasteiger partial charge on any atom is 0.218 e. The van der Waals surface area contributed by atoms with Crippen LogP contribution in [0, 0.1) is 11.6 Å². The highest BCUT2D eigenvalue weighted by Gasteiger charge is 2.37. The maximum absolute atomic E-state index is 14.0. The second kappa shape index (κ2) is 6.90. The van der Waals surface area contributed by atoms with Crippen LogP contribution in [0.1, 0.15) is 24.0 Å². The fourth-order valence-electron chi connectivity index (χ4n) is 2.51. The van der Waals surface area contributed by atoms with Crippen molar-refractivity contribution in [3.05, 3.63) is 69.7 Å². The summed E-state index contributed by atoms with van der Waals surface area (Å²) in [6.07, 6.45) is 1.59. The lowest BCUT2D eigenvalue weighted by Crippen LogP contribution is -2.33. The summed E-state index contributed by atoms with van der Waals surface area (Å²) in [5, 5.41) is 0. The highest BCUT2D eigenvalue weighted by atomic mass is 79.9. The minimum Gasteiger partial charge on any atom is -0.212 e. The molecule has 128 valence electrons. The quantitative estimate of drug-likeness (QED) is 0.707. The topological polar surface area (TPSA) is 37.4 Å². The van der Waals surface area contributed by atoms with Gasteiger partial charge in [-0.2, -0.15) is 4.31 Å². The first-order valence-electron chi connectivity index (χ1n) is 7.53. The van der Waals surface area contributed by atoms with Crippen molar-refractivity contribution in [2.75, 3.05) is 0 Å². The van der Waals surface area contributed by atoms with Crippen molar-refractivity contribution in [3.8, 4) is 0 Å². The van der Waals surface area contributed by atoms with Gasteiger partial charge in [0, 0.05) is 22.6 Å². The number of hydrogen-bond acceptors (Lipinski definition) is 2. The van der Waals surface area contributed by atoms with E-state index in [1.807, 2.05) is 0 Å². The third kappa shape index (κ3) is 4.20. The lowest BCUT2D eigenvalue weighted by molar-refractivity contribution is 0.397. The Morgan fingerprint density at radius 1 is 1.08 bits per heavy atom. The fourth-order valence-corrected chi connectivity index (χ4v) is 4.64. The van der Waals surface area contributed by atoms with Gasteiger partial charge in [0.25, 0.3) is 0 Å². The Morgan fingerprint density at radius 2 is 1.75 bits per heavy atom. The van der Waals surface area contributed by atoms with Crippen molar-refractivity contribution in [3.63, 3.8) is 0 Å². The van der Waals surface area contributed by atoms with E-state index in [1.54, 1.807) is 18.2 Å². The maximum atomic E-state index is 14.0. The van der Waals surface area contributed by atoms with E-state index in [4.69, 9.17) is 0 Å². The molecule has 0 aliphatic heterocycles. The van der Waals surface area contributed by atoms with E-state index >= 15 is 0 Å². The summed E-state index contributed by atoms with van der Waals surface area (Å²) >= 11 is 3.16. The molecule has 0 aromatic heterocycles. The van der Waals surface area contributed by atoms with Gasteiger partial charge in [0.05, 0.1) is 5.75 Å². The van der Waals surface area contributed by atoms with Gasteiger partial charge < -0.3 is 0 Å². The van der Waals surface area contributed by atoms with Crippen molar-refractivity contribution in [1.82, 2.24) is 4.31 Å². The lowest BCUT2D eigenvalue weighted by Gasteiger charge is -2.22. The minimum atomic E-state index is -3.67. The van der Waals surface area contributed by atoms with Crippen LogP contribution < -0.4 is 0 Å². The van der Waals surface area contributed by atoms with Crippen LogP contribution in [0.3, 0.4) is 0 Å². The Kier molecular flexibility index (Phi) is 5.03. The summed E-state index contributed by atoms with van der Waals surface area (Å²) in [4.78, 5) is 0. The van der Waals surface area contributed by atoms with Crippen LogP contribution >= 0.6 is 15.9 Å². The van der Waals surface area contributed by atoms with Gasteiger partial charge in [-0.1, -0.05) is 34.1 Å². The van der Waals surface area contributed by atoms with E-state index < -0.39 is 15.8 Å². The Morgan fingerprint density at radius 3 is 2.33 bits per heavy atom. The Balaban J connectivity index is 1.82. The zero-order valence-corrected chi connectivity index (χ0v) is 15.2. The van der Waals surface area contributed by atoms with E-state index in [1.165, 1.54) is 28.6 Å². The van der Waals surface area contributed by atoms with E-state index in [0.29, 0.717) is 10.0 Å². The van der Waals surface area contributed by atoms with E-state index in [-0.39, 0.29) is 29.7 Å². The number of rotatable bonds is 6.